The third-order valence-corrected chi connectivity index (χ3v) is 8.57. The van der Waals surface area contributed by atoms with Gasteiger partial charge in [-0.1, -0.05) is 50.2 Å². The van der Waals surface area contributed by atoms with Gasteiger partial charge in [-0.15, -0.1) is 0 Å². The predicted octanol–water partition coefficient (Wildman–Crippen LogP) is 5.67. The van der Waals surface area contributed by atoms with Crippen LogP contribution in [0.3, 0.4) is 0 Å². The summed E-state index contributed by atoms with van der Waals surface area (Å²) in [7, 11) is -0.0980. The fraction of sp³-hybridized carbons (Fsp3) is 0.250. The molecule has 152 valence electrons. The Labute approximate surface area is 178 Å². The van der Waals surface area contributed by atoms with Crippen LogP contribution in [0.4, 0.5) is 10.2 Å². The van der Waals surface area contributed by atoms with Gasteiger partial charge in [0.2, 0.25) is 0 Å². The van der Waals surface area contributed by atoms with Crippen molar-refractivity contribution in [2.24, 2.45) is 0 Å². The van der Waals surface area contributed by atoms with E-state index in [0.29, 0.717) is 21.0 Å². The molecule has 2 unspecified atom stereocenters. The Hall–Kier alpha value is -2.01. The highest BCUT2D eigenvalue weighted by atomic mass is 35.5. The SMILES string of the molecule is CCP1CCC1C(=O)O.Nc1ncnc2c(F)ccc(-c3ccc(Cl)c(Cl)c3)c12. The lowest BCUT2D eigenvalue weighted by atomic mass is 10.0. The van der Waals surface area contributed by atoms with Gasteiger partial charge < -0.3 is 10.8 Å². The van der Waals surface area contributed by atoms with Crippen molar-refractivity contribution in [3.63, 3.8) is 0 Å². The van der Waals surface area contributed by atoms with Crippen molar-refractivity contribution in [1.29, 1.82) is 0 Å². The van der Waals surface area contributed by atoms with Crippen LogP contribution in [0.5, 0.6) is 0 Å². The summed E-state index contributed by atoms with van der Waals surface area (Å²) in [5, 5.41) is 9.88. The van der Waals surface area contributed by atoms with E-state index in [2.05, 4.69) is 16.9 Å². The van der Waals surface area contributed by atoms with Gasteiger partial charge in [0.1, 0.15) is 23.5 Å². The van der Waals surface area contributed by atoms with E-state index < -0.39 is 11.8 Å². The van der Waals surface area contributed by atoms with Gasteiger partial charge in [-0.3, -0.25) is 4.79 Å². The van der Waals surface area contributed by atoms with E-state index in [9.17, 15) is 9.18 Å². The zero-order valence-electron chi connectivity index (χ0n) is 15.6. The maximum absolute atomic E-state index is 13.8. The number of benzene rings is 2. The fourth-order valence-electron chi connectivity index (χ4n) is 3.17. The number of nitrogens with two attached hydrogens (primary N) is 1. The van der Waals surface area contributed by atoms with Crippen LogP contribution in [0.2, 0.25) is 10.0 Å². The van der Waals surface area contributed by atoms with E-state index in [1.54, 1.807) is 24.3 Å². The van der Waals surface area contributed by atoms with Crippen molar-refractivity contribution in [3.05, 3.63) is 52.5 Å². The number of rotatable bonds is 3. The molecular formula is C20H19Cl2FN3O2P. The second kappa shape index (κ2) is 9.21. The third kappa shape index (κ3) is 4.61. The average molecular weight is 454 g/mol. The summed E-state index contributed by atoms with van der Waals surface area (Å²) in [5.41, 5.74) is 7.56. The second-order valence-corrected chi connectivity index (χ2v) is 10.2. The zero-order valence-corrected chi connectivity index (χ0v) is 18.0. The number of carboxylic acid groups (broad SMARTS) is 1. The smallest absolute Gasteiger partial charge is 0.310 e. The Morgan fingerprint density at radius 2 is 2.03 bits per heavy atom. The molecule has 2 atom stereocenters. The van der Waals surface area contributed by atoms with Gasteiger partial charge in [-0.25, -0.2) is 14.4 Å². The van der Waals surface area contributed by atoms with Crippen molar-refractivity contribution in [2.75, 3.05) is 18.1 Å². The van der Waals surface area contributed by atoms with E-state index in [1.165, 1.54) is 18.6 Å². The van der Waals surface area contributed by atoms with Crippen LogP contribution < -0.4 is 5.73 Å². The van der Waals surface area contributed by atoms with Crippen LogP contribution in [0.15, 0.2) is 36.7 Å². The molecule has 1 aliphatic heterocycles. The van der Waals surface area contributed by atoms with E-state index in [0.717, 1.165) is 18.1 Å². The van der Waals surface area contributed by atoms with Gasteiger partial charge >= 0.3 is 5.97 Å². The molecule has 2 heterocycles. The molecule has 0 saturated carbocycles. The van der Waals surface area contributed by atoms with Crippen LogP contribution in [0, 0.1) is 5.82 Å². The molecule has 5 nitrogen and oxygen atoms in total. The second-order valence-electron chi connectivity index (χ2n) is 6.48. The molecule has 4 rings (SSSR count). The highest BCUT2D eigenvalue weighted by Gasteiger charge is 2.34. The number of carbonyl (C=O) groups is 1. The van der Waals surface area contributed by atoms with Crippen LogP contribution in [0.1, 0.15) is 13.3 Å². The molecule has 0 aliphatic carbocycles. The summed E-state index contributed by atoms with van der Waals surface area (Å²) in [4.78, 5) is 18.2. The van der Waals surface area contributed by atoms with Crippen molar-refractivity contribution < 1.29 is 14.3 Å². The first-order valence-electron chi connectivity index (χ1n) is 8.94. The van der Waals surface area contributed by atoms with Crippen molar-refractivity contribution in [2.45, 2.75) is 19.0 Å². The van der Waals surface area contributed by atoms with Gasteiger partial charge in [0.25, 0.3) is 0 Å². The van der Waals surface area contributed by atoms with Gasteiger partial charge in [0, 0.05) is 0 Å². The minimum absolute atomic E-state index is 0.0463. The first kappa shape index (κ1) is 21.7. The first-order chi connectivity index (χ1) is 13.8. The van der Waals surface area contributed by atoms with E-state index in [1.807, 2.05) is 0 Å². The maximum Gasteiger partial charge on any atom is 0.310 e. The molecule has 1 aromatic heterocycles. The monoisotopic (exact) mass is 453 g/mol. The molecule has 1 fully saturated rings. The van der Waals surface area contributed by atoms with Crippen molar-refractivity contribution >= 4 is 53.8 Å². The maximum atomic E-state index is 13.8. The summed E-state index contributed by atoms with van der Waals surface area (Å²) in [6.45, 7) is 2.08. The molecule has 9 heteroatoms. The number of carboxylic acids is 1. The van der Waals surface area contributed by atoms with Crippen LogP contribution in [-0.2, 0) is 4.79 Å². The Bertz CT molecular complexity index is 1070. The van der Waals surface area contributed by atoms with Gasteiger partial charge in [0.15, 0.2) is 0 Å². The number of aliphatic carboxylic acids is 1. The molecule has 3 aromatic rings. The van der Waals surface area contributed by atoms with Crippen LogP contribution >= 0.6 is 31.1 Å². The number of fused-ring (bicyclic) bond motifs is 1. The highest BCUT2D eigenvalue weighted by molar-refractivity contribution is 7.61. The van der Waals surface area contributed by atoms with Crippen molar-refractivity contribution in [1.82, 2.24) is 9.97 Å². The number of hydrogen-bond donors (Lipinski definition) is 2. The summed E-state index contributed by atoms with van der Waals surface area (Å²) >= 11 is 11.9. The Kier molecular flexibility index (Phi) is 6.89. The Morgan fingerprint density at radius 1 is 1.28 bits per heavy atom. The quantitative estimate of drug-likeness (QED) is 0.498. The fourth-order valence-corrected chi connectivity index (χ4v) is 5.42. The molecule has 29 heavy (non-hydrogen) atoms. The molecule has 0 radical (unpaired) electrons. The Balaban J connectivity index is 0.000000224. The zero-order chi connectivity index (χ0) is 21.1. The number of anilines is 1. The van der Waals surface area contributed by atoms with E-state index in [4.69, 9.17) is 34.0 Å². The van der Waals surface area contributed by atoms with E-state index in [-0.39, 0.29) is 24.9 Å². The predicted molar refractivity (Wildman–Crippen MR) is 118 cm³/mol. The van der Waals surface area contributed by atoms with Crippen molar-refractivity contribution in [3.8, 4) is 11.1 Å². The number of hydrogen-bond acceptors (Lipinski definition) is 4. The molecule has 0 amide bonds. The minimum Gasteiger partial charge on any atom is -0.481 e. The molecular weight excluding hydrogens is 435 g/mol. The summed E-state index contributed by atoms with van der Waals surface area (Å²) in [5.74, 6) is -0.803. The molecule has 3 N–H and O–H groups in total. The van der Waals surface area contributed by atoms with Gasteiger partial charge in [0.05, 0.1) is 21.1 Å². The summed E-state index contributed by atoms with van der Waals surface area (Å²) < 4.78 is 13.8. The van der Waals surface area contributed by atoms with Gasteiger partial charge in [-0.05, 0) is 48.1 Å². The van der Waals surface area contributed by atoms with Crippen LogP contribution in [-0.4, -0.2) is 39.0 Å². The lowest BCUT2D eigenvalue weighted by Crippen LogP contribution is -2.29. The number of halogens is 3. The third-order valence-electron chi connectivity index (χ3n) is 4.82. The minimum atomic E-state index is -0.575. The number of nitrogens with zero attached hydrogens (tertiary/aromatic N) is 2. The lowest BCUT2D eigenvalue weighted by molar-refractivity contribution is -0.136. The summed E-state index contributed by atoms with van der Waals surface area (Å²) in [6.07, 6.45) is 4.43. The van der Waals surface area contributed by atoms with E-state index >= 15 is 0 Å². The Morgan fingerprint density at radius 3 is 2.59 bits per heavy atom. The summed E-state index contributed by atoms with van der Waals surface area (Å²) in [6, 6.07) is 8.12. The highest BCUT2D eigenvalue weighted by Crippen LogP contribution is 2.52. The molecule has 2 aromatic carbocycles. The van der Waals surface area contributed by atoms with Crippen LogP contribution in [0.25, 0.3) is 22.0 Å². The van der Waals surface area contributed by atoms with Gasteiger partial charge in [-0.2, -0.15) is 0 Å². The number of aromatic nitrogens is 2. The average Bonchev–Trinajstić information content (AvgIpc) is 2.65. The normalized spacial score (nSPS) is 17.9. The molecule has 0 spiro atoms. The topological polar surface area (TPSA) is 89.1 Å². The first-order valence-corrected chi connectivity index (χ1v) is 11.5. The molecule has 1 saturated heterocycles. The standard InChI is InChI=1S/C14H8Cl2FN3.C6H11O2P/c15-9-3-1-7(5-10(9)16)8-2-4-11(17)13-12(8)14(18)20-6-19-13;1-2-9-4-3-5(9)6(7)8/h1-6H,(H2,18,19,20);5H,2-4H2,1H3,(H,7,8). The largest absolute Gasteiger partial charge is 0.481 e. The lowest BCUT2D eigenvalue weighted by Gasteiger charge is -2.32. The number of nitrogen functional groups attached to an aromatic ring is 1. The molecule has 1 aliphatic rings. The molecule has 0 bridgehead atoms.